The first-order chi connectivity index (χ1) is 9.45. The van der Waals surface area contributed by atoms with Gasteiger partial charge in [0.25, 0.3) is 5.56 Å². The number of nitrogens with one attached hydrogen (secondary N) is 1. The minimum atomic E-state index is -0.292. The van der Waals surface area contributed by atoms with Crippen molar-refractivity contribution >= 4 is 55.1 Å². The zero-order valence-electron chi connectivity index (χ0n) is 10.1. The van der Waals surface area contributed by atoms with E-state index in [2.05, 4.69) is 37.2 Å². The van der Waals surface area contributed by atoms with Gasteiger partial charge in [0.15, 0.2) is 0 Å². The Kier molecular flexibility index (Phi) is 5.01. The summed E-state index contributed by atoms with van der Waals surface area (Å²) in [4.78, 5) is 23.8. The highest BCUT2D eigenvalue weighted by Gasteiger charge is 2.08. The first-order valence-electron chi connectivity index (χ1n) is 5.56. The van der Waals surface area contributed by atoms with Gasteiger partial charge in [-0.15, -0.1) is 0 Å². The van der Waals surface area contributed by atoms with Gasteiger partial charge in [-0.1, -0.05) is 11.6 Å². The van der Waals surface area contributed by atoms with Crippen molar-refractivity contribution in [3.63, 3.8) is 0 Å². The molecule has 0 aliphatic carbocycles. The second-order valence-corrected chi connectivity index (χ2v) is 6.20. The van der Waals surface area contributed by atoms with Crippen molar-refractivity contribution in [2.24, 2.45) is 0 Å². The summed E-state index contributed by atoms with van der Waals surface area (Å²) >= 11 is 12.2. The second kappa shape index (κ2) is 6.56. The van der Waals surface area contributed by atoms with Crippen LogP contribution in [0.3, 0.4) is 0 Å². The molecule has 2 aromatic rings. The first-order valence-corrected chi connectivity index (χ1v) is 7.53. The summed E-state index contributed by atoms with van der Waals surface area (Å²) in [6.07, 6.45) is 1.56. The van der Waals surface area contributed by atoms with Crippen molar-refractivity contribution in [3.8, 4) is 0 Å². The number of hydrogen-bond donors (Lipinski definition) is 1. The number of benzene rings is 1. The van der Waals surface area contributed by atoms with E-state index in [1.54, 1.807) is 36.5 Å². The zero-order chi connectivity index (χ0) is 14.7. The molecule has 0 bridgehead atoms. The fourth-order valence-corrected chi connectivity index (χ4v) is 2.95. The molecule has 0 radical (unpaired) electrons. The first kappa shape index (κ1) is 15.3. The average molecular weight is 420 g/mol. The van der Waals surface area contributed by atoms with E-state index in [1.165, 1.54) is 4.57 Å². The van der Waals surface area contributed by atoms with Gasteiger partial charge in [0.05, 0.1) is 4.47 Å². The molecule has 0 saturated carbocycles. The van der Waals surface area contributed by atoms with E-state index < -0.39 is 0 Å². The number of amides is 1. The van der Waals surface area contributed by atoms with Gasteiger partial charge in [-0.3, -0.25) is 9.59 Å². The number of halogens is 3. The van der Waals surface area contributed by atoms with Crippen molar-refractivity contribution in [3.05, 3.63) is 60.9 Å². The second-order valence-electron chi connectivity index (χ2n) is 3.99. The van der Waals surface area contributed by atoms with Gasteiger partial charge in [-0.2, -0.15) is 0 Å². The SMILES string of the molecule is O=C(Cn1cc(Br)cc(Br)c1=O)Nc1ccc(Cl)cc1. The van der Waals surface area contributed by atoms with Crippen LogP contribution in [0.15, 0.2) is 50.3 Å². The van der Waals surface area contributed by atoms with Crippen LogP contribution in [0.4, 0.5) is 5.69 Å². The molecule has 0 aliphatic heterocycles. The molecule has 1 aromatic carbocycles. The molecule has 1 heterocycles. The van der Waals surface area contributed by atoms with Gasteiger partial charge >= 0.3 is 0 Å². The quantitative estimate of drug-likeness (QED) is 0.824. The standard InChI is InChI=1S/C13H9Br2ClN2O2/c14-8-5-11(15)13(20)18(6-8)7-12(19)17-10-3-1-9(16)2-4-10/h1-6H,7H2,(H,17,19). The maximum Gasteiger partial charge on any atom is 0.265 e. The minimum Gasteiger partial charge on any atom is -0.325 e. The lowest BCUT2D eigenvalue weighted by molar-refractivity contribution is -0.116. The topological polar surface area (TPSA) is 51.1 Å². The van der Waals surface area contributed by atoms with E-state index >= 15 is 0 Å². The Hall–Kier alpha value is -1.11. The maximum absolute atomic E-state index is 11.9. The van der Waals surface area contributed by atoms with Crippen molar-refractivity contribution < 1.29 is 4.79 Å². The van der Waals surface area contributed by atoms with Crippen LogP contribution in [0.1, 0.15) is 0 Å². The minimum absolute atomic E-state index is 0.0699. The fourth-order valence-electron chi connectivity index (χ4n) is 1.57. The lowest BCUT2D eigenvalue weighted by atomic mass is 10.3. The number of carbonyl (C=O) groups is 1. The summed E-state index contributed by atoms with van der Waals surface area (Å²) in [6, 6.07) is 8.38. The number of pyridine rings is 1. The lowest BCUT2D eigenvalue weighted by Gasteiger charge is -2.08. The van der Waals surface area contributed by atoms with Crippen LogP contribution in [-0.4, -0.2) is 10.5 Å². The molecule has 104 valence electrons. The molecule has 4 nitrogen and oxygen atoms in total. The van der Waals surface area contributed by atoms with Crippen molar-refractivity contribution in [2.45, 2.75) is 6.54 Å². The van der Waals surface area contributed by atoms with Gasteiger partial charge in [-0.05, 0) is 62.2 Å². The van der Waals surface area contributed by atoms with E-state index in [9.17, 15) is 9.59 Å². The van der Waals surface area contributed by atoms with E-state index in [1.807, 2.05) is 0 Å². The predicted molar refractivity (Wildman–Crippen MR) is 86.2 cm³/mol. The zero-order valence-corrected chi connectivity index (χ0v) is 14.0. The number of aromatic nitrogens is 1. The van der Waals surface area contributed by atoms with Crippen LogP contribution < -0.4 is 10.9 Å². The Morgan fingerprint density at radius 3 is 2.55 bits per heavy atom. The third kappa shape index (κ3) is 3.94. The van der Waals surface area contributed by atoms with E-state index in [0.29, 0.717) is 19.7 Å². The van der Waals surface area contributed by atoms with E-state index in [4.69, 9.17) is 11.6 Å². The molecule has 0 fully saturated rings. The molecule has 7 heteroatoms. The molecule has 0 spiro atoms. The van der Waals surface area contributed by atoms with E-state index in [0.717, 1.165) is 0 Å². The van der Waals surface area contributed by atoms with Crippen LogP contribution >= 0.6 is 43.5 Å². The molecular formula is C13H9Br2ClN2O2. The van der Waals surface area contributed by atoms with Crippen molar-refractivity contribution in [1.29, 1.82) is 0 Å². The number of nitrogens with zero attached hydrogens (tertiary/aromatic N) is 1. The molecular weight excluding hydrogens is 411 g/mol. The number of anilines is 1. The molecule has 0 atom stereocenters. The molecule has 0 aliphatic rings. The highest BCUT2D eigenvalue weighted by Crippen LogP contribution is 2.14. The molecule has 1 N–H and O–H groups in total. The summed E-state index contributed by atoms with van der Waals surface area (Å²) in [5.41, 5.74) is 0.362. The predicted octanol–water partition coefficient (Wildman–Crippen LogP) is 3.67. The monoisotopic (exact) mass is 418 g/mol. The highest BCUT2D eigenvalue weighted by molar-refractivity contribution is 9.11. The summed E-state index contributed by atoms with van der Waals surface area (Å²) in [7, 11) is 0. The third-order valence-electron chi connectivity index (χ3n) is 2.45. The molecule has 1 aromatic heterocycles. The fraction of sp³-hybridized carbons (Fsp3) is 0.0769. The highest BCUT2D eigenvalue weighted by atomic mass is 79.9. The molecule has 2 rings (SSSR count). The maximum atomic E-state index is 11.9. The smallest absolute Gasteiger partial charge is 0.265 e. The molecule has 1 amide bonds. The number of carbonyl (C=O) groups excluding carboxylic acids is 1. The van der Waals surface area contributed by atoms with Crippen LogP contribution in [0, 0.1) is 0 Å². The van der Waals surface area contributed by atoms with Crippen LogP contribution in [0.5, 0.6) is 0 Å². The van der Waals surface area contributed by atoms with Gasteiger partial charge in [0.2, 0.25) is 5.91 Å². The largest absolute Gasteiger partial charge is 0.325 e. The summed E-state index contributed by atoms with van der Waals surface area (Å²) in [5.74, 6) is -0.292. The Morgan fingerprint density at radius 1 is 1.25 bits per heavy atom. The van der Waals surface area contributed by atoms with Gasteiger partial charge in [0.1, 0.15) is 6.54 Å². The lowest BCUT2D eigenvalue weighted by Crippen LogP contribution is -2.27. The summed E-state index contributed by atoms with van der Waals surface area (Å²) in [5, 5.41) is 3.29. The Morgan fingerprint density at radius 2 is 1.90 bits per heavy atom. The average Bonchev–Trinajstić information content (AvgIpc) is 2.38. The van der Waals surface area contributed by atoms with E-state index in [-0.39, 0.29) is 18.0 Å². The summed E-state index contributed by atoms with van der Waals surface area (Å²) < 4.78 is 2.42. The third-order valence-corrected chi connectivity index (χ3v) is 3.70. The molecule has 0 unspecified atom stereocenters. The Balaban J connectivity index is 2.12. The molecule has 20 heavy (non-hydrogen) atoms. The number of rotatable bonds is 3. The Bertz CT molecular complexity index is 699. The Labute approximate surface area is 137 Å². The van der Waals surface area contributed by atoms with Gasteiger partial charge in [0, 0.05) is 21.4 Å². The van der Waals surface area contributed by atoms with Crippen LogP contribution in [0.25, 0.3) is 0 Å². The van der Waals surface area contributed by atoms with Crippen LogP contribution in [-0.2, 0) is 11.3 Å². The number of hydrogen-bond acceptors (Lipinski definition) is 2. The van der Waals surface area contributed by atoms with Crippen molar-refractivity contribution in [1.82, 2.24) is 4.57 Å². The summed E-state index contributed by atoms with van der Waals surface area (Å²) in [6.45, 7) is -0.0699. The van der Waals surface area contributed by atoms with Crippen LogP contribution in [0.2, 0.25) is 5.02 Å². The van der Waals surface area contributed by atoms with Gasteiger partial charge < -0.3 is 9.88 Å². The van der Waals surface area contributed by atoms with Crippen molar-refractivity contribution in [2.75, 3.05) is 5.32 Å². The normalized spacial score (nSPS) is 10.3. The van der Waals surface area contributed by atoms with Gasteiger partial charge in [-0.25, -0.2) is 0 Å². The molecule has 0 saturated heterocycles.